The second-order valence-electron chi connectivity index (χ2n) is 6.34. The molecule has 2 aliphatic heterocycles. The molecule has 0 spiro atoms. The Balaban J connectivity index is 1.90. The monoisotopic (exact) mass is 298 g/mol. The van der Waals surface area contributed by atoms with Gasteiger partial charge in [0, 0.05) is 25.7 Å². The number of piperidine rings is 1. The summed E-state index contributed by atoms with van der Waals surface area (Å²) in [4.78, 5) is 16.8. The van der Waals surface area contributed by atoms with Gasteiger partial charge in [0.05, 0.1) is 19.3 Å². The first-order valence-corrected chi connectivity index (χ1v) is 8.38. The van der Waals surface area contributed by atoms with Gasteiger partial charge in [-0.1, -0.05) is 6.42 Å². The molecule has 2 heterocycles. The molecule has 0 aromatic rings. The third-order valence-corrected chi connectivity index (χ3v) is 4.51. The van der Waals surface area contributed by atoms with Crippen molar-refractivity contribution >= 4 is 5.97 Å². The summed E-state index contributed by atoms with van der Waals surface area (Å²) in [6.07, 6.45) is 3.40. The van der Waals surface area contributed by atoms with E-state index in [9.17, 15) is 4.79 Å². The number of likely N-dealkylation sites (tertiary alicyclic amines) is 1. The van der Waals surface area contributed by atoms with Gasteiger partial charge in [-0.3, -0.25) is 14.6 Å². The number of esters is 1. The first-order valence-electron chi connectivity index (χ1n) is 8.38. The van der Waals surface area contributed by atoms with Crippen molar-refractivity contribution < 1.29 is 14.3 Å². The number of hydrogen-bond donors (Lipinski definition) is 0. The van der Waals surface area contributed by atoms with Crippen LogP contribution in [0.25, 0.3) is 0 Å². The lowest BCUT2D eigenvalue weighted by Gasteiger charge is -2.40. The van der Waals surface area contributed by atoms with Gasteiger partial charge in [-0.2, -0.15) is 0 Å². The number of ether oxygens (including phenoxy) is 2. The van der Waals surface area contributed by atoms with E-state index in [0.717, 1.165) is 52.0 Å². The first kappa shape index (κ1) is 16.7. The Hall–Kier alpha value is -0.650. The Bertz CT molecular complexity index is 335. The maximum absolute atomic E-state index is 12.1. The third-order valence-electron chi connectivity index (χ3n) is 4.51. The van der Waals surface area contributed by atoms with Crippen molar-refractivity contribution in [1.29, 1.82) is 0 Å². The number of carbonyl (C=O) groups excluding carboxylic acids is 1. The fourth-order valence-electron chi connectivity index (χ4n) is 3.30. The van der Waals surface area contributed by atoms with E-state index in [1.807, 2.05) is 6.92 Å². The smallest absolute Gasteiger partial charge is 0.323 e. The highest BCUT2D eigenvalue weighted by atomic mass is 16.5. The summed E-state index contributed by atoms with van der Waals surface area (Å²) < 4.78 is 11.1. The number of carbonyl (C=O) groups is 1. The predicted octanol–water partition coefficient (Wildman–Crippen LogP) is 1.51. The minimum atomic E-state index is -0.0725. The van der Waals surface area contributed by atoms with Crippen molar-refractivity contribution in [3.8, 4) is 0 Å². The van der Waals surface area contributed by atoms with Gasteiger partial charge < -0.3 is 9.47 Å². The molecule has 0 aliphatic carbocycles. The highest BCUT2D eigenvalue weighted by Gasteiger charge is 2.33. The molecular formula is C16H30N2O3. The van der Waals surface area contributed by atoms with Crippen molar-refractivity contribution in [2.45, 2.75) is 58.2 Å². The Kier molecular flexibility index (Phi) is 6.45. The van der Waals surface area contributed by atoms with E-state index in [2.05, 4.69) is 23.6 Å². The second kappa shape index (κ2) is 8.11. The number of nitrogens with zero attached hydrogens (tertiary/aromatic N) is 2. The molecule has 2 fully saturated rings. The molecule has 5 heteroatoms. The summed E-state index contributed by atoms with van der Waals surface area (Å²) in [5.74, 6) is -0.0614. The van der Waals surface area contributed by atoms with E-state index < -0.39 is 0 Å². The van der Waals surface area contributed by atoms with E-state index in [0.29, 0.717) is 12.6 Å². The van der Waals surface area contributed by atoms with E-state index in [4.69, 9.17) is 9.47 Å². The Morgan fingerprint density at radius 3 is 2.86 bits per heavy atom. The molecule has 0 N–H and O–H groups in total. The molecule has 2 aliphatic rings. The van der Waals surface area contributed by atoms with Gasteiger partial charge in [-0.15, -0.1) is 0 Å². The first-order chi connectivity index (χ1) is 10.1. The maximum Gasteiger partial charge on any atom is 0.323 e. The fourth-order valence-corrected chi connectivity index (χ4v) is 3.30. The molecule has 2 saturated heterocycles. The van der Waals surface area contributed by atoms with Gasteiger partial charge in [0.2, 0.25) is 0 Å². The molecule has 2 unspecified atom stereocenters. The zero-order chi connectivity index (χ0) is 15.2. The van der Waals surface area contributed by atoms with E-state index in [1.165, 1.54) is 0 Å². The molecule has 21 heavy (non-hydrogen) atoms. The Morgan fingerprint density at radius 1 is 1.33 bits per heavy atom. The Labute approximate surface area is 128 Å². The average Bonchev–Trinajstić information content (AvgIpc) is 2.48. The molecule has 0 bridgehead atoms. The average molecular weight is 298 g/mol. The molecule has 2 atom stereocenters. The largest absolute Gasteiger partial charge is 0.465 e. The lowest BCUT2D eigenvalue weighted by atomic mass is 10.0. The van der Waals surface area contributed by atoms with Crippen molar-refractivity contribution in [3.63, 3.8) is 0 Å². The van der Waals surface area contributed by atoms with Gasteiger partial charge in [-0.25, -0.2) is 0 Å². The second-order valence-corrected chi connectivity index (χ2v) is 6.34. The van der Waals surface area contributed by atoms with Crippen LogP contribution >= 0.6 is 0 Å². The van der Waals surface area contributed by atoms with E-state index >= 15 is 0 Å². The van der Waals surface area contributed by atoms with Gasteiger partial charge in [0.15, 0.2) is 0 Å². The summed E-state index contributed by atoms with van der Waals surface area (Å²) in [5.41, 5.74) is 0. The van der Waals surface area contributed by atoms with Gasteiger partial charge in [0.1, 0.15) is 6.04 Å². The zero-order valence-electron chi connectivity index (χ0n) is 13.7. The number of hydrogen-bond acceptors (Lipinski definition) is 5. The predicted molar refractivity (Wildman–Crippen MR) is 82.3 cm³/mol. The summed E-state index contributed by atoms with van der Waals surface area (Å²) >= 11 is 0. The number of morpholine rings is 1. The van der Waals surface area contributed by atoms with Crippen molar-refractivity contribution in [1.82, 2.24) is 9.80 Å². The van der Waals surface area contributed by atoms with Crippen LogP contribution in [0.4, 0.5) is 0 Å². The molecule has 0 aromatic carbocycles. The summed E-state index contributed by atoms with van der Waals surface area (Å²) in [5, 5.41) is 0. The van der Waals surface area contributed by atoms with Gasteiger partial charge >= 0.3 is 5.97 Å². The molecular weight excluding hydrogens is 268 g/mol. The van der Waals surface area contributed by atoms with Crippen LogP contribution in [0.5, 0.6) is 0 Å². The van der Waals surface area contributed by atoms with Crippen molar-refractivity contribution in [2.75, 3.05) is 39.4 Å². The van der Waals surface area contributed by atoms with Crippen LogP contribution in [-0.2, 0) is 14.3 Å². The minimum Gasteiger partial charge on any atom is -0.465 e. The summed E-state index contributed by atoms with van der Waals surface area (Å²) in [6.45, 7) is 11.4. The SMILES string of the molecule is CCOC(=O)C1CCCCN1CC1CN(C(C)C)CCO1. The maximum atomic E-state index is 12.1. The van der Waals surface area contributed by atoms with Gasteiger partial charge in [-0.05, 0) is 40.2 Å². The van der Waals surface area contributed by atoms with Gasteiger partial charge in [0.25, 0.3) is 0 Å². The van der Waals surface area contributed by atoms with Crippen LogP contribution in [0.2, 0.25) is 0 Å². The standard InChI is InChI=1S/C16H30N2O3/c1-4-20-16(19)15-7-5-6-8-18(15)12-14-11-17(13(2)3)9-10-21-14/h13-15H,4-12H2,1-3H3. The van der Waals surface area contributed by atoms with Crippen LogP contribution in [0.3, 0.4) is 0 Å². The van der Waals surface area contributed by atoms with E-state index in [1.54, 1.807) is 0 Å². The molecule has 0 radical (unpaired) electrons. The van der Waals surface area contributed by atoms with E-state index in [-0.39, 0.29) is 18.1 Å². The lowest BCUT2D eigenvalue weighted by Crippen LogP contribution is -2.54. The molecule has 5 nitrogen and oxygen atoms in total. The number of rotatable bonds is 5. The van der Waals surface area contributed by atoms with Crippen LogP contribution in [0, 0.1) is 0 Å². The fraction of sp³-hybridized carbons (Fsp3) is 0.938. The zero-order valence-corrected chi connectivity index (χ0v) is 13.7. The summed E-state index contributed by atoms with van der Waals surface area (Å²) in [6, 6.07) is 0.482. The van der Waals surface area contributed by atoms with Crippen molar-refractivity contribution in [2.24, 2.45) is 0 Å². The highest BCUT2D eigenvalue weighted by Crippen LogP contribution is 2.20. The highest BCUT2D eigenvalue weighted by molar-refractivity contribution is 5.75. The molecule has 0 saturated carbocycles. The topological polar surface area (TPSA) is 42.0 Å². The van der Waals surface area contributed by atoms with Crippen LogP contribution in [-0.4, -0.2) is 73.3 Å². The molecule has 122 valence electrons. The van der Waals surface area contributed by atoms with Crippen molar-refractivity contribution in [3.05, 3.63) is 0 Å². The lowest BCUT2D eigenvalue weighted by molar-refractivity contribution is -0.152. The quantitative estimate of drug-likeness (QED) is 0.720. The molecule has 2 rings (SSSR count). The molecule has 0 amide bonds. The normalized spacial score (nSPS) is 28.8. The van der Waals surface area contributed by atoms with Crippen LogP contribution in [0.1, 0.15) is 40.0 Å². The van der Waals surface area contributed by atoms with Crippen LogP contribution in [0.15, 0.2) is 0 Å². The Morgan fingerprint density at radius 2 is 2.14 bits per heavy atom. The summed E-state index contributed by atoms with van der Waals surface area (Å²) in [7, 11) is 0. The third kappa shape index (κ3) is 4.66. The molecule has 0 aromatic heterocycles. The van der Waals surface area contributed by atoms with Crippen LogP contribution < -0.4 is 0 Å². The minimum absolute atomic E-state index is 0.0614.